The number of carboxylic acid groups (broad SMARTS) is 1. The highest BCUT2D eigenvalue weighted by Gasteiger charge is 2.47. The molecular formula is C13H21NO5S. The maximum atomic E-state index is 11.9. The van der Waals surface area contributed by atoms with Crippen molar-refractivity contribution in [3.05, 3.63) is 0 Å². The van der Waals surface area contributed by atoms with Crippen molar-refractivity contribution in [3.63, 3.8) is 0 Å². The average Bonchev–Trinajstić information content (AvgIpc) is 2.49. The molecule has 0 saturated carbocycles. The Morgan fingerprint density at radius 3 is 2.25 bits per heavy atom. The van der Waals surface area contributed by atoms with Crippen molar-refractivity contribution < 1.29 is 23.1 Å². The molecule has 3 unspecified atom stereocenters. The lowest BCUT2D eigenvalue weighted by Gasteiger charge is -2.28. The summed E-state index contributed by atoms with van der Waals surface area (Å²) in [5, 5.41) is 10.9. The lowest BCUT2D eigenvalue weighted by molar-refractivity contribution is -0.138. The summed E-state index contributed by atoms with van der Waals surface area (Å²) >= 11 is 0. The number of aliphatic carboxylic acids is 1. The van der Waals surface area contributed by atoms with Crippen LogP contribution in [0, 0.1) is 5.92 Å². The van der Waals surface area contributed by atoms with Gasteiger partial charge in [-0.1, -0.05) is 6.92 Å². The predicted octanol–water partition coefficient (Wildman–Crippen LogP) is 0.712. The summed E-state index contributed by atoms with van der Waals surface area (Å²) in [6, 6.07) is -0.0828. The van der Waals surface area contributed by atoms with Crippen molar-refractivity contribution in [1.29, 1.82) is 0 Å². The van der Waals surface area contributed by atoms with Crippen LogP contribution in [-0.4, -0.2) is 41.9 Å². The van der Waals surface area contributed by atoms with Gasteiger partial charge in [0.05, 0.1) is 10.5 Å². The molecule has 0 radical (unpaired) electrons. The van der Waals surface area contributed by atoms with Crippen LogP contribution in [-0.2, 0) is 19.4 Å². The molecule has 2 aliphatic rings. The number of carboxylic acids is 1. The lowest BCUT2D eigenvalue weighted by Crippen LogP contribution is -2.45. The van der Waals surface area contributed by atoms with Crippen LogP contribution < -0.4 is 5.32 Å². The molecule has 20 heavy (non-hydrogen) atoms. The zero-order chi connectivity index (χ0) is 14.9. The van der Waals surface area contributed by atoms with E-state index in [4.69, 9.17) is 5.11 Å². The Balaban J connectivity index is 1.83. The third-order valence-electron chi connectivity index (χ3n) is 4.26. The van der Waals surface area contributed by atoms with Crippen LogP contribution >= 0.6 is 0 Å². The lowest BCUT2D eigenvalue weighted by atomic mass is 10.0. The first kappa shape index (κ1) is 15.3. The van der Waals surface area contributed by atoms with E-state index in [9.17, 15) is 18.0 Å². The SMILES string of the molecule is CC(CC(=O)O)CC(=O)NC1CC2CCC(C1)S2(=O)=O. The van der Waals surface area contributed by atoms with Crippen LogP contribution in [0.25, 0.3) is 0 Å². The highest BCUT2D eigenvalue weighted by Crippen LogP contribution is 2.38. The maximum Gasteiger partial charge on any atom is 0.303 e. The van der Waals surface area contributed by atoms with Crippen LogP contribution in [0.2, 0.25) is 0 Å². The van der Waals surface area contributed by atoms with Gasteiger partial charge in [0.2, 0.25) is 5.91 Å². The van der Waals surface area contributed by atoms with Crippen molar-refractivity contribution in [1.82, 2.24) is 5.32 Å². The van der Waals surface area contributed by atoms with E-state index in [0.717, 1.165) is 0 Å². The number of sulfone groups is 1. The molecular weight excluding hydrogens is 282 g/mol. The molecule has 2 saturated heterocycles. The van der Waals surface area contributed by atoms with E-state index in [-0.39, 0.29) is 41.2 Å². The van der Waals surface area contributed by atoms with Gasteiger partial charge in [-0.3, -0.25) is 9.59 Å². The standard InChI is InChI=1S/C13H21NO5S/c1-8(5-13(16)17)4-12(15)14-9-6-10-2-3-11(7-9)20(10,18)19/h8-11H,2-7H2,1H3,(H,14,15)(H,16,17). The smallest absolute Gasteiger partial charge is 0.303 e. The summed E-state index contributed by atoms with van der Waals surface area (Å²) in [6.07, 6.45) is 2.54. The summed E-state index contributed by atoms with van der Waals surface area (Å²) in [5.74, 6) is -1.30. The highest BCUT2D eigenvalue weighted by molar-refractivity contribution is 7.93. The predicted molar refractivity (Wildman–Crippen MR) is 72.9 cm³/mol. The third-order valence-corrected chi connectivity index (χ3v) is 6.97. The van der Waals surface area contributed by atoms with E-state index < -0.39 is 15.8 Å². The molecule has 2 fully saturated rings. The van der Waals surface area contributed by atoms with Crippen molar-refractivity contribution in [2.45, 2.75) is 62.0 Å². The van der Waals surface area contributed by atoms with E-state index in [2.05, 4.69) is 5.32 Å². The van der Waals surface area contributed by atoms with Gasteiger partial charge in [-0.2, -0.15) is 0 Å². The molecule has 0 aromatic carbocycles. The minimum atomic E-state index is -2.97. The second-order valence-corrected chi connectivity index (χ2v) is 8.56. The zero-order valence-electron chi connectivity index (χ0n) is 11.5. The molecule has 6 nitrogen and oxygen atoms in total. The summed E-state index contributed by atoms with van der Waals surface area (Å²) in [5.41, 5.74) is 0. The van der Waals surface area contributed by atoms with Gasteiger partial charge in [-0.25, -0.2) is 8.42 Å². The van der Waals surface area contributed by atoms with Crippen LogP contribution in [0.3, 0.4) is 0 Å². The Morgan fingerprint density at radius 2 is 1.75 bits per heavy atom. The van der Waals surface area contributed by atoms with E-state index in [1.807, 2.05) is 0 Å². The van der Waals surface area contributed by atoms with Crippen molar-refractivity contribution in [2.24, 2.45) is 5.92 Å². The first-order valence-corrected chi connectivity index (χ1v) is 8.64. The molecule has 0 aromatic heterocycles. The molecule has 2 aliphatic heterocycles. The normalized spacial score (nSPS) is 32.5. The fourth-order valence-corrected chi connectivity index (χ4v) is 5.77. The number of hydrogen-bond donors (Lipinski definition) is 2. The van der Waals surface area contributed by atoms with Gasteiger partial charge in [0.1, 0.15) is 0 Å². The molecule has 114 valence electrons. The number of hydrogen-bond acceptors (Lipinski definition) is 4. The summed E-state index contributed by atoms with van der Waals surface area (Å²) < 4.78 is 23.9. The molecule has 2 rings (SSSR count). The monoisotopic (exact) mass is 303 g/mol. The molecule has 0 spiro atoms. The van der Waals surface area contributed by atoms with Gasteiger partial charge in [-0.15, -0.1) is 0 Å². The fourth-order valence-electron chi connectivity index (χ4n) is 3.30. The summed E-state index contributed by atoms with van der Waals surface area (Å²) in [6.45, 7) is 1.72. The average molecular weight is 303 g/mol. The number of amides is 1. The van der Waals surface area contributed by atoms with Gasteiger partial charge in [0, 0.05) is 18.9 Å². The molecule has 0 aromatic rings. The van der Waals surface area contributed by atoms with Gasteiger partial charge >= 0.3 is 5.97 Å². The summed E-state index contributed by atoms with van der Waals surface area (Å²) in [7, 11) is -2.97. The van der Waals surface area contributed by atoms with E-state index in [1.54, 1.807) is 6.92 Å². The van der Waals surface area contributed by atoms with E-state index in [0.29, 0.717) is 25.7 Å². The molecule has 2 N–H and O–H groups in total. The van der Waals surface area contributed by atoms with Crippen molar-refractivity contribution >= 4 is 21.7 Å². The van der Waals surface area contributed by atoms with Gasteiger partial charge in [0.15, 0.2) is 9.84 Å². The van der Waals surface area contributed by atoms with E-state index >= 15 is 0 Å². The first-order valence-electron chi connectivity index (χ1n) is 7.03. The molecule has 7 heteroatoms. The van der Waals surface area contributed by atoms with Crippen LogP contribution in [0.4, 0.5) is 0 Å². The van der Waals surface area contributed by atoms with Crippen molar-refractivity contribution in [3.8, 4) is 0 Å². The highest BCUT2D eigenvalue weighted by atomic mass is 32.2. The maximum absolute atomic E-state index is 11.9. The summed E-state index contributed by atoms with van der Waals surface area (Å²) in [4.78, 5) is 22.4. The van der Waals surface area contributed by atoms with Crippen LogP contribution in [0.1, 0.15) is 45.4 Å². The fraction of sp³-hybridized carbons (Fsp3) is 0.846. The third kappa shape index (κ3) is 3.31. The second kappa shape index (κ2) is 5.71. The molecule has 0 aliphatic carbocycles. The zero-order valence-corrected chi connectivity index (χ0v) is 12.4. The Bertz CT molecular complexity index is 481. The van der Waals surface area contributed by atoms with Gasteiger partial charge in [-0.05, 0) is 31.6 Å². The van der Waals surface area contributed by atoms with Crippen molar-refractivity contribution in [2.75, 3.05) is 0 Å². The molecule has 1 amide bonds. The quantitative estimate of drug-likeness (QED) is 0.779. The number of rotatable bonds is 5. The molecule has 2 bridgehead atoms. The van der Waals surface area contributed by atoms with E-state index in [1.165, 1.54) is 0 Å². The minimum absolute atomic E-state index is 0.0300. The second-order valence-electron chi connectivity index (χ2n) is 6.05. The Hall–Kier alpha value is -1.11. The van der Waals surface area contributed by atoms with Gasteiger partial charge in [0.25, 0.3) is 0 Å². The number of nitrogens with one attached hydrogen (secondary N) is 1. The number of carbonyl (C=O) groups is 2. The Morgan fingerprint density at radius 1 is 1.20 bits per heavy atom. The first-order chi connectivity index (χ1) is 9.29. The topological polar surface area (TPSA) is 101 Å². The Labute approximate surface area is 118 Å². The molecule has 2 heterocycles. The van der Waals surface area contributed by atoms with Crippen LogP contribution in [0.15, 0.2) is 0 Å². The number of fused-ring (bicyclic) bond motifs is 2. The Kier molecular flexibility index (Phi) is 4.36. The number of carbonyl (C=O) groups excluding carboxylic acids is 1. The van der Waals surface area contributed by atoms with Gasteiger partial charge < -0.3 is 10.4 Å². The molecule has 3 atom stereocenters. The van der Waals surface area contributed by atoms with Crippen LogP contribution in [0.5, 0.6) is 0 Å². The minimum Gasteiger partial charge on any atom is -0.481 e. The largest absolute Gasteiger partial charge is 0.481 e.